The lowest BCUT2D eigenvalue weighted by Crippen LogP contribution is -2.14. The van der Waals surface area contributed by atoms with Gasteiger partial charge in [-0.2, -0.15) is 0 Å². The molecule has 1 radical (unpaired) electrons. The second-order valence-corrected chi connectivity index (χ2v) is 2.62. The number of aliphatic hydroxyl groups is 1. The first-order valence-corrected chi connectivity index (χ1v) is 3.84. The van der Waals surface area contributed by atoms with E-state index in [4.69, 9.17) is 0 Å². The summed E-state index contributed by atoms with van der Waals surface area (Å²) in [6.45, 7) is 7.52. The molecule has 0 saturated carbocycles. The lowest BCUT2D eigenvalue weighted by atomic mass is 9.97. The van der Waals surface area contributed by atoms with Gasteiger partial charge < -0.3 is 5.11 Å². The Morgan fingerprint density at radius 1 is 1.60 bits per heavy atom. The van der Waals surface area contributed by atoms with E-state index in [0.717, 1.165) is 12.8 Å². The summed E-state index contributed by atoms with van der Waals surface area (Å²) in [6, 6.07) is 0. The number of aliphatic hydroxyl groups excluding tert-OH is 1. The summed E-state index contributed by atoms with van der Waals surface area (Å²) >= 11 is 0. The average molecular weight is 141 g/mol. The van der Waals surface area contributed by atoms with Gasteiger partial charge in [-0.05, 0) is 26.2 Å². The van der Waals surface area contributed by atoms with E-state index in [1.54, 1.807) is 6.08 Å². The maximum Gasteiger partial charge on any atom is 0.0543 e. The molecular weight excluding hydrogens is 124 g/mol. The number of hydrogen-bond donors (Lipinski definition) is 1. The average Bonchev–Trinajstić information content (AvgIpc) is 1.89. The minimum atomic E-state index is -0.193. The molecule has 1 heteroatoms. The first kappa shape index (κ1) is 9.70. The van der Waals surface area contributed by atoms with Crippen LogP contribution in [0.4, 0.5) is 0 Å². The third-order valence-electron chi connectivity index (χ3n) is 1.81. The van der Waals surface area contributed by atoms with Crippen LogP contribution >= 0.6 is 0 Å². The van der Waals surface area contributed by atoms with Gasteiger partial charge >= 0.3 is 0 Å². The molecule has 0 rings (SSSR count). The van der Waals surface area contributed by atoms with Crippen molar-refractivity contribution in [2.45, 2.75) is 32.8 Å². The molecule has 0 aromatic rings. The summed E-state index contributed by atoms with van der Waals surface area (Å²) in [4.78, 5) is 0. The number of rotatable bonds is 4. The molecule has 1 N–H and O–H groups in total. The molecular formula is C9H17O. The molecule has 2 unspecified atom stereocenters. The molecule has 2 atom stereocenters. The van der Waals surface area contributed by atoms with Crippen LogP contribution in [0.15, 0.2) is 12.2 Å². The van der Waals surface area contributed by atoms with Crippen molar-refractivity contribution >= 4 is 0 Å². The van der Waals surface area contributed by atoms with Gasteiger partial charge in [-0.3, -0.25) is 0 Å². The zero-order chi connectivity index (χ0) is 7.98. The fourth-order valence-electron chi connectivity index (χ4n) is 0.976. The minimum absolute atomic E-state index is 0.193. The van der Waals surface area contributed by atoms with Crippen molar-refractivity contribution in [2.75, 3.05) is 0 Å². The van der Waals surface area contributed by atoms with Crippen molar-refractivity contribution in [3.63, 3.8) is 0 Å². The lowest BCUT2D eigenvalue weighted by molar-refractivity contribution is 0.124. The van der Waals surface area contributed by atoms with Gasteiger partial charge in [0.2, 0.25) is 0 Å². The van der Waals surface area contributed by atoms with E-state index < -0.39 is 0 Å². The van der Waals surface area contributed by atoms with E-state index in [1.807, 2.05) is 13.0 Å². The SMILES string of the molecule is [CH2]/C=C/CC(CC)C(C)O. The number of hydrogen-bond acceptors (Lipinski definition) is 1. The Labute approximate surface area is 63.8 Å². The molecule has 0 fully saturated rings. The second-order valence-electron chi connectivity index (χ2n) is 2.62. The van der Waals surface area contributed by atoms with Crippen LogP contribution < -0.4 is 0 Å². The van der Waals surface area contributed by atoms with Gasteiger partial charge in [0.1, 0.15) is 0 Å². The highest BCUT2D eigenvalue weighted by Crippen LogP contribution is 2.13. The van der Waals surface area contributed by atoms with E-state index in [9.17, 15) is 5.11 Å². The largest absolute Gasteiger partial charge is 0.393 e. The summed E-state index contributed by atoms with van der Waals surface area (Å²) in [5.41, 5.74) is 0. The lowest BCUT2D eigenvalue weighted by Gasteiger charge is -2.14. The molecule has 0 aliphatic rings. The van der Waals surface area contributed by atoms with Crippen molar-refractivity contribution < 1.29 is 5.11 Å². The highest BCUT2D eigenvalue weighted by molar-refractivity contribution is 4.86. The first-order valence-electron chi connectivity index (χ1n) is 3.84. The standard InChI is InChI=1S/C9H17O/c1-4-6-7-9(5-2)8(3)10/h4,6,8-10H,1,5,7H2,2-3H3/b6-4+. The Kier molecular flexibility index (Phi) is 5.32. The summed E-state index contributed by atoms with van der Waals surface area (Å²) in [5.74, 6) is 0.401. The topological polar surface area (TPSA) is 20.2 Å². The van der Waals surface area contributed by atoms with Gasteiger partial charge in [-0.1, -0.05) is 25.5 Å². The van der Waals surface area contributed by atoms with Crippen molar-refractivity contribution in [3.05, 3.63) is 19.1 Å². The van der Waals surface area contributed by atoms with E-state index in [2.05, 4.69) is 13.8 Å². The molecule has 0 amide bonds. The molecule has 0 heterocycles. The zero-order valence-corrected chi connectivity index (χ0v) is 6.88. The van der Waals surface area contributed by atoms with Gasteiger partial charge in [0, 0.05) is 0 Å². The molecule has 59 valence electrons. The highest BCUT2D eigenvalue weighted by Gasteiger charge is 2.09. The normalized spacial score (nSPS) is 17.6. The molecule has 1 nitrogen and oxygen atoms in total. The highest BCUT2D eigenvalue weighted by atomic mass is 16.3. The Morgan fingerprint density at radius 3 is 2.50 bits per heavy atom. The fourth-order valence-corrected chi connectivity index (χ4v) is 0.976. The molecule has 0 aliphatic carbocycles. The van der Waals surface area contributed by atoms with Crippen LogP contribution in [0.25, 0.3) is 0 Å². The molecule has 0 bridgehead atoms. The van der Waals surface area contributed by atoms with Crippen LogP contribution in [0.1, 0.15) is 26.7 Å². The van der Waals surface area contributed by atoms with E-state index in [0.29, 0.717) is 5.92 Å². The molecule has 0 aliphatic heterocycles. The van der Waals surface area contributed by atoms with Crippen LogP contribution in [0.3, 0.4) is 0 Å². The van der Waals surface area contributed by atoms with Crippen molar-refractivity contribution in [1.29, 1.82) is 0 Å². The van der Waals surface area contributed by atoms with Gasteiger partial charge in [-0.15, -0.1) is 0 Å². The maximum atomic E-state index is 9.18. The predicted molar refractivity (Wildman–Crippen MR) is 44.6 cm³/mol. The first-order chi connectivity index (χ1) is 4.72. The quantitative estimate of drug-likeness (QED) is 0.636. The molecule has 0 spiro atoms. The summed E-state index contributed by atoms with van der Waals surface area (Å²) < 4.78 is 0. The molecule has 0 aromatic heterocycles. The van der Waals surface area contributed by atoms with Crippen molar-refractivity contribution in [2.24, 2.45) is 5.92 Å². The Balaban J connectivity index is 3.60. The van der Waals surface area contributed by atoms with Crippen LogP contribution in [-0.2, 0) is 0 Å². The molecule has 0 aromatic carbocycles. The Bertz CT molecular complexity index is 94.9. The van der Waals surface area contributed by atoms with Gasteiger partial charge in [0.25, 0.3) is 0 Å². The monoisotopic (exact) mass is 141 g/mol. The third kappa shape index (κ3) is 3.67. The van der Waals surface area contributed by atoms with Crippen molar-refractivity contribution in [3.8, 4) is 0 Å². The fraction of sp³-hybridized carbons (Fsp3) is 0.667. The summed E-state index contributed by atoms with van der Waals surface area (Å²) in [6.07, 6.45) is 5.56. The predicted octanol–water partition coefficient (Wildman–Crippen LogP) is 2.17. The van der Waals surface area contributed by atoms with Gasteiger partial charge in [-0.25, -0.2) is 0 Å². The van der Waals surface area contributed by atoms with Crippen LogP contribution in [0.5, 0.6) is 0 Å². The molecule has 0 saturated heterocycles. The van der Waals surface area contributed by atoms with Gasteiger partial charge in [0.05, 0.1) is 6.10 Å². The third-order valence-corrected chi connectivity index (χ3v) is 1.81. The summed E-state index contributed by atoms with van der Waals surface area (Å²) in [7, 11) is 0. The van der Waals surface area contributed by atoms with Crippen molar-refractivity contribution in [1.82, 2.24) is 0 Å². The van der Waals surface area contributed by atoms with E-state index in [1.165, 1.54) is 0 Å². The van der Waals surface area contributed by atoms with E-state index >= 15 is 0 Å². The Hall–Kier alpha value is -0.300. The second kappa shape index (κ2) is 5.48. The molecule has 10 heavy (non-hydrogen) atoms. The van der Waals surface area contributed by atoms with Gasteiger partial charge in [0.15, 0.2) is 0 Å². The smallest absolute Gasteiger partial charge is 0.0543 e. The van der Waals surface area contributed by atoms with Crippen LogP contribution in [-0.4, -0.2) is 11.2 Å². The van der Waals surface area contributed by atoms with Crippen LogP contribution in [0.2, 0.25) is 0 Å². The maximum absolute atomic E-state index is 9.18. The van der Waals surface area contributed by atoms with Crippen LogP contribution in [0, 0.1) is 12.8 Å². The Morgan fingerprint density at radius 2 is 2.20 bits per heavy atom. The minimum Gasteiger partial charge on any atom is -0.393 e. The zero-order valence-electron chi connectivity index (χ0n) is 6.88. The number of allylic oxidation sites excluding steroid dienone is 2. The summed E-state index contributed by atoms with van der Waals surface area (Å²) in [5, 5.41) is 9.18. The van der Waals surface area contributed by atoms with E-state index in [-0.39, 0.29) is 6.10 Å².